The molecule has 0 spiro atoms. The Labute approximate surface area is 143 Å². The van der Waals surface area contributed by atoms with Gasteiger partial charge in [0.05, 0.1) is 16.1 Å². The number of furan rings is 1. The summed E-state index contributed by atoms with van der Waals surface area (Å²) in [6, 6.07) is 16.5. The minimum atomic E-state index is 0.267. The Morgan fingerprint density at radius 2 is 1.25 bits per heavy atom. The number of hydrogen-bond acceptors (Lipinski definition) is 1. The zero-order chi connectivity index (χ0) is 17.3. The van der Waals surface area contributed by atoms with Gasteiger partial charge in [-0.15, -0.1) is 0 Å². The van der Waals surface area contributed by atoms with Crippen LogP contribution >= 0.6 is 11.6 Å². The predicted octanol–water partition coefficient (Wildman–Crippen LogP) is 0.196. The maximum Gasteiger partial charge on any atom is 0.270 e. The van der Waals surface area contributed by atoms with Crippen molar-refractivity contribution in [2.75, 3.05) is 0 Å². The fraction of sp³-hybridized carbons (Fsp3) is 0. The van der Waals surface area contributed by atoms with Crippen LogP contribution in [0.3, 0.4) is 0 Å². The predicted molar refractivity (Wildman–Crippen MR) is 95.0 cm³/mol. The highest BCUT2D eigenvalue weighted by molar-refractivity contribution is 6.33. The van der Waals surface area contributed by atoms with Crippen LogP contribution in [0.15, 0.2) is 59.0 Å². The van der Waals surface area contributed by atoms with Crippen LogP contribution < -0.4 is 22.3 Å². The van der Waals surface area contributed by atoms with E-state index in [1.807, 2.05) is 48.5 Å². The van der Waals surface area contributed by atoms with Gasteiger partial charge in [-0.3, -0.25) is 22.3 Å². The zero-order valence-corrected chi connectivity index (χ0v) is 13.5. The van der Waals surface area contributed by atoms with E-state index in [0.29, 0.717) is 16.5 Å². The molecule has 0 aliphatic rings. The molecule has 5 nitrogen and oxygen atoms in total. The molecule has 0 fully saturated rings. The van der Waals surface area contributed by atoms with Gasteiger partial charge in [0.15, 0.2) is 5.76 Å². The largest absolute Gasteiger partial charge is 0.454 e. The molecule has 3 rings (SSSR count). The van der Waals surface area contributed by atoms with Crippen LogP contribution in [0.2, 0.25) is 5.02 Å². The third kappa shape index (κ3) is 3.02. The van der Waals surface area contributed by atoms with Crippen molar-refractivity contribution in [3.8, 4) is 22.6 Å². The first kappa shape index (κ1) is 15.8. The van der Waals surface area contributed by atoms with Crippen LogP contribution in [0.25, 0.3) is 22.6 Å². The Balaban J connectivity index is 1.95. The van der Waals surface area contributed by atoms with Gasteiger partial charge in [-0.2, -0.15) is 0 Å². The number of benzene rings is 2. The summed E-state index contributed by atoms with van der Waals surface area (Å²) >= 11 is 6.32. The van der Waals surface area contributed by atoms with Crippen LogP contribution in [0, 0.1) is 0 Å². The van der Waals surface area contributed by atoms with E-state index < -0.39 is 0 Å². The number of rotatable bonds is 4. The fourth-order valence-corrected chi connectivity index (χ4v) is 2.60. The van der Waals surface area contributed by atoms with Gasteiger partial charge < -0.3 is 4.42 Å². The first-order valence-corrected chi connectivity index (χ1v) is 7.60. The number of halogens is 1. The molecule has 120 valence electrons. The number of hydrogen-bond donors (Lipinski definition) is 4. The highest BCUT2D eigenvalue weighted by Gasteiger charge is 2.14. The lowest BCUT2D eigenvalue weighted by Crippen LogP contribution is -2.46. The van der Waals surface area contributed by atoms with E-state index in [2.05, 4.69) is 0 Å². The second kappa shape index (κ2) is 6.22. The molecule has 0 atom stereocenters. The molecule has 0 aliphatic heterocycles. The Morgan fingerprint density at radius 3 is 1.71 bits per heavy atom. The molecule has 1 heterocycles. The molecule has 1 aromatic heterocycles. The summed E-state index contributed by atoms with van der Waals surface area (Å²) in [5.41, 5.74) is 14.4. The van der Waals surface area contributed by atoms with E-state index in [-0.39, 0.29) is 11.7 Å². The zero-order valence-electron chi connectivity index (χ0n) is 12.8. The Kier molecular flexibility index (Phi) is 4.10. The van der Waals surface area contributed by atoms with E-state index in [1.54, 1.807) is 6.07 Å². The van der Waals surface area contributed by atoms with Gasteiger partial charge in [-0.25, -0.2) is 0 Å². The molecule has 0 unspecified atom stereocenters. The normalized spacial score (nSPS) is 10.5. The van der Waals surface area contributed by atoms with Crippen molar-refractivity contribution in [1.82, 2.24) is 0 Å². The molecule has 2 aromatic carbocycles. The van der Waals surface area contributed by atoms with Gasteiger partial charge in [-0.05, 0) is 24.3 Å². The topological polar surface area (TPSA) is 116 Å². The van der Waals surface area contributed by atoms with Gasteiger partial charge in [0.1, 0.15) is 5.76 Å². The third-order valence-corrected chi connectivity index (χ3v) is 3.95. The maximum absolute atomic E-state index is 6.32. The highest BCUT2D eigenvalue weighted by Crippen LogP contribution is 2.35. The van der Waals surface area contributed by atoms with Crippen molar-refractivity contribution in [3.05, 3.63) is 70.7 Å². The first-order valence-electron chi connectivity index (χ1n) is 7.22. The van der Waals surface area contributed by atoms with E-state index >= 15 is 0 Å². The van der Waals surface area contributed by atoms with Gasteiger partial charge in [-0.1, -0.05) is 35.9 Å². The molecular formula is C18H17ClN4O+2. The molecule has 0 amide bonds. The van der Waals surface area contributed by atoms with Crippen molar-refractivity contribution >= 4 is 23.3 Å². The summed E-state index contributed by atoms with van der Waals surface area (Å²) in [4.78, 5) is 0. The summed E-state index contributed by atoms with van der Waals surface area (Å²) < 4.78 is 5.92. The second-order valence-corrected chi connectivity index (χ2v) is 5.76. The van der Waals surface area contributed by atoms with Gasteiger partial charge in [0, 0.05) is 17.2 Å². The molecule has 6 heteroatoms. The quantitative estimate of drug-likeness (QED) is 0.401. The van der Waals surface area contributed by atoms with Crippen LogP contribution in [-0.2, 0) is 0 Å². The van der Waals surface area contributed by atoms with E-state index in [9.17, 15) is 0 Å². The standard InChI is InChI=1S/C18H15ClN4O/c19-14-9-15(10-1-5-12(6-2-10)17(20)21)24-16(14)11-3-7-13(8-4-11)18(22)23/h1-9H,(H3,20,21)(H3,22,23)/p+2. The van der Waals surface area contributed by atoms with Gasteiger partial charge >= 0.3 is 0 Å². The summed E-state index contributed by atoms with van der Waals surface area (Å²) in [5, 5.41) is 11.7. The molecule has 0 bridgehead atoms. The van der Waals surface area contributed by atoms with Crippen molar-refractivity contribution in [1.29, 1.82) is 0 Å². The first-order chi connectivity index (χ1) is 11.5. The minimum absolute atomic E-state index is 0.267. The molecule has 0 radical (unpaired) electrons. The summed E-state index contributed by atoms with van der Waals surface area (Å²) in [5.74, 6) is 1.79. The summed E-state index contributed by atoms with van der Waals surface area (Å²) in [6.45, 7) is 0. The number of nitrogens with two attached hydrogens (primary N) is 4. The maximum atomic E-state index is 6.32. The Morgan fingerprint density at radius 1 is 0.792 bits per heavy atom. The molecule has 0 aliphatic carbocycles. The lowest BCUT2D eigenvalue weighted by Gasteiger charge is -2.00. The monoisotopic (exact) mass is 340 g/mol. The van der Waals surface area contributed by atoms with Crippen molar-refractivity contribution < 1.29 is 15.2 Å². The highest BCUT2D eigenvalue weighted by atomic mass is 35.5. The smallest absolute Gasteiger partial charge is 0.270 e. The third-order valence-electron chi connectivity index (χ3n) is 3.67. The molecule has 0 saturated heterocycles. The molecule has 8 N–H and O–H groups in total. The summed E-state index contributed by atoms with van der Waals surface area (Å²) in [7, 11) is 0. The fourth-order valence-electron chi connectivity index (χ4n) is 2.35. The summed E-state index contributed by atoms with van der Waals surface area (Å²) in [6.07, 6.45) is 0. The Bertz CT molecular complexity index is 911. The lowest BCUT2D eigenvalue weighted by molar-refractivity contribution is -0.115. The van der Waals surface area contributed by atoms with E-state index in [1.165, 1.54) is 0 Å². The van der Waals surface area contributed by atoms with Crippen LogP contribution in [0.4, 0.5) is 0 Å². The Hall–Kier alpha value is -3.05. The van der Waals surface area contributed by atoms with Crippen LogP contribution in [-0.4, -0.2) is 11.7 Å². The van der Waals surface area contributed by atoms with Crippen molar-refractivity contribution in [2.24, 2.45) is 11.5 Å². The van der Waals surface area contributed by atoms with Crippen LogP contribution in [0.1, 0.15) is 11.1 Å². The molecular weight excluding hydrogens is 324 g/mol. The lowest BCUT2D eigenvalue weighted by atomic mass is 10.1. The van der Waals surface area contributed by atoms with E-state index in [0.717, 1.165) is 22.3 Å². The van der Waals surface area contributed by atoms with Gasteiger partial charge in [0.25, 0.3) is 11.7 Å². The second-order valence-electron chi connectivity index (χ2n) is 5.35. The SMILES string of the molecule is NC(=[NH2+])c1ccc(-c2cc(Cl)c(-c3ccc(C(N)=[NH2+])cc3)o2)cc1. The minimum Gasteiger partial charge on any atom is -0.454 e. The molecule has 24 heavy (non-hydrogen) atoms. The van der Waals surface area contributed by atoms with Gasteiger partial charge in [0.2, 0.25) is 0 Å². The van der Waals surface area contributed by atoms with Crippen molar-refractivity contribution in [3.63, 3.8) is 0 Å². The van der Waals surface area contributed by atoms with Crippen molar-refractivity contribution in [2.45, 2.75) is 0 Å². The molecule has 3 aromatic rings. The molecule has 0 saturated carbocycles. The van der Waals surface area contributed by atoms with E-state index in [4.69, 9.17) is 38.3 Å². The average Bonchev–Trinajstić information content (AvgIpc) is 2.97. The number of amidine groups is 2. The van der Waals surface area contributed by atoms with Crippen LogP contribution in [0.5, 0.6) is 0 Å². The average molecular weight is 341 g/mol.